The number of esters is 1. The van der Waals surface area contributed by atoms with Crippen LogP contribution in [0.1, 0.15) is 132 Å². The standard InChI is InChI=1S/C48H72Cl2N2O6/c1-29(2)40-34(53)25-48(37(54)28-52(23-22-51(10)11)27-30-12-13-31(49)24-33(30)50)21-20-46(8)32(41(40)48)14-15-36-45(7)18-17-38(58-39(55)26-43(3,4)42(56)57)44(5,6)35(45)16-19-47(36,46)9/h12-13,24,29,32,35-38,54H,14-23,25-28H2,1-11H3,(H,56,57)/t32-,35+,36-,37-,38+,45+,46-,47-,48+/m1/s1. The third kappa shape index (κ3) is 7.64. The van der Waals surface area contributed by atoms with Crippen LogP contribution in [0.2, 0.25) is 10.0 Å². The van der Waals surface area contributed by atoms with Crippen LogP contribution < -0.4 is 0 Å². The molecule has 2 N–H and O–H groups in total. The Morgan fingerprint density at radius 2 is 1.62 bits per heavy atom. The van der Waals surface area contributed by atoms with Crippen molar-refractivity contribution in [2.24, 2.45) is 56.2 Å². The predicted octanol–water partition coefficient (Wildman–Crippen LogP) is 10.1. The lowest BCUT2D eigenvalue weighted by Crippen LogP contribution is -2.66. The zero-order valence-electron chi connectivity index (χ0n) is 37.3. The first-order valence-corrected chi connectivity index (χ1v) is 22.8. The van der Waals surface area contributed by atoms with Gasteiger partial charge in [0.15, 0.2) is 5.78 Å². The van der Waals surface area contributed by atoms with Gasteiger partial charge in [0.1, 0.15) is 6.10 Å². The summed E-state index contributed by atoms with van der Waals surface area (Å²) in [6, 6.07) is 5.62. The molecular weight excluding hydrogens is 771 g/mol. The molecule has 0 aliphatic heterocycles. The first-order valence-electron chi connectivity index (χ1n) is 22.0. The Labute approximate surface area is 358 Å². The number of aliphatic carboxylic acids is 1. The maximum absolute atomic E-state index is 14.3. The maximum atomic E-state index is 14.3. The van der Waals surface area contributed by atoms with E-state index in [-0.39, 0.29) is 51.8 Å². The summed E-state index contributed by atoms with van der Waals surface area (Å²) in [6.45, 7) is 22.3. The highest BCUT2D eigenvalue weighted by molar-refractivity contribution is 6.35. The van der Waals surface area contributed by atoms with E-state index in [1.165, 1.54) is 5.57 Å². The number of nitrogens with zero attached hydrogens (tertiary/aromatic N) is 2. The molecule has 0 spiro atoms. The van der Waals surface area contributed by atoms with Crippen LogP contribution in [-0.4, -0.2) is 83.7 Å². The number of hydrogen-bond donors (Lipinski definition) is 2. The number of rotatable bonds is 13. The molecule has 10 heteroatoms. The number of carboxylic acid groups (broad SMARTS) is 1. The van der Waals surface area contributed by atoms with Crippen LogP contribution in [0.3, 0.4) is 0 Å². The Kier molecular flexibility index (Phi) is 12.6. The van der Waals surface area contributed by atoms with Gasteiger partial charge in [-0.3, -0.25) is 19.3 Å². The number of carbonyl (C=O) groups is 3. The number of carbonyl (C=O) groups excluding carboxylic acids is 2. The minimum Gasteiger partial charge on any atom is -0.481 e. The van der Waals surface area contributed by atoms with Crippen molar-refractivity contribution in [1.29, 1.82) is 0 Å². The molecule has 0 saturated heterocycles. The van der Waals surface area contributed by atoms with Gasteiger partial charge in [-0.1, -0.05) is 83.3 Å². The average molecular weight is 844 g/mol. The summed E-state index contributed by atoms with van der Waals surface area (Å²) < 4.78 is 6.19. The molecule has 324 valence electrons. The van der Waals surface area contributed by atoms with Gasteiger partial charge in [0.25, 0.3) is 0 Å². The second-order valence-corrected chi connectivity index (χ2v) is 22.7. The third-order valence-corrected chi connectivity index (χ3v) is 17.8. The largest absolute Gasteiger partial charge is 0.481 e. The number of aliphatic hydroxyl groups excluding tert-OH is 1. The molecule has 9 atom stereocenters. The van der Waals surface area contributed by atoms with Crippen LogP contribution >= 0.6 is 23.2 Å². The zero-order valence-corrected chi connectivity index (χ0v) is 38.8. The maximum Gasteiger partial charge on any atom is 0.309 e. The van der Waals surface area contributed by atoms with Crippen LogP contribution in [0.4, 0.5) is 0 Å². The number of likely N-dealkylation sites (N-methyl/N-ethyl adjacent to an activating group) is 1. The Hall–Kier alpha value is -1.97. The molecule has 6 rings (SSSR count). The summed E-state index contributed by atoms with van der Waals surface area (Å²) >= 11 is 13.0. The van der Waals surface area contributed by atoms with Crippen molar-refractivity contribution < 1.29 is 29.3 Å². The second kappa shape index (κ2) is 16.1. The molecular formula is C48H72Cl2N2O6. The van der Waals surface area contributed by atoms with Crippen LogP contribution in [0.25, 0.3) is 0 Å². The van der Waals surface area contributed by atoms with Crippen molar-refractivity contribution in [3.8, 4) is 0 Å². The number of hydrogen-bond acceptors (Lipinski definition) is 7. The molecule has 58 heavy (non-hydrogen) atoms. The van der Waals surface area contributed by atoms with Crippen molar-refractivity contribution >= 4 is 40.9 Å². The molecule has 1 aromatic rings. The SMILES string of the molecule is CC(C)C1=C2[C@H]3CC[C@@H]4[C@@]5(C)CC[C@H](OC(=O)CC(C)(C)C(=O)O)C(C)(C)[C@@H]5CC[C@@]4(C)[C@]3(C)CC[C@@]2([C@H](O)CN(CCN(C)C)Cc2ccc(Cl)cc2Cl)CC1=O. The fourth-order valence-corrected chi connectivity index (χ4v) is 14.3. The van der Waals surface area contributed by atoms with E-state index in [1.807, 2.05) is 12.1 Å². The number of halogens is 2. The minimum atomic E-state index is -1.18. The number of ketones is 1. The van der Waals surface area contributed by atoms with Gasteiger partial charge in [-0.25, -0.2) is 0 Å². The van der Waals surface area contributed by atoms with Crippen LogP contribution in [0.15, 0.2) is 29.3 Å². The Morgan fingerprint density at radius 3 is 2.24 bits per heavy atom. The number of aliphatic hydroxyl groups is 1. The monoisotopic (exact) mass is 842 g/mol. The number of fused-ring (bicyclic) bond motifs is 7. The Morgan fingerprint density at radius 1 is 0.931 bits per heavy atom. The number of Topliss-reactive ketones (excluding diaryl/α,β-unsaturated/α-hetero) is 1. The van der Waals surface area contributed by atoms with E-state index in [0.717, 1.165) is 75.6 Å². The van der Waals surface area contributed by atoms with Crippen molar-refractivity contribution in [1.82, 2.24) is 9.80 Å². The summed E-state index contributed by atoms with van der Waals surface area (Å²) in [5.74, 6) is -0.0958. The molecule has 0 amide bonds. The van der Waals surface area contributed by atoms with E-state index >= 15 is 0 Å². The van der Waals surface area contributed by atoms with E-state index in [0.29, 0.717) is 41.4 Å². The Bertz CT molecular complexity index is 1810. The second-order valence-electron chi connectivity index (χ2n) is 21.8. The molecule has 0 unspecified atom stereocenters. The number of ether oxygens (including phenoxy) is 1. The van der Waals surface area contributed by atoms with Crippen LogP contribution in [0, 0.1) is 56.2 Å². The predicted molar refractivity (Wildman–Crippen MR) is 232 cm³/mol. The summed E-state index contributed by atoms with van der Waals surface area (Å²) in [4.78, 5) is 43.8. The van der Waals surface area contributed by atoms with Crippen molar-refractivity contribution in [3.63, 3.8) is 0 Å². The fraction of sp³-hybridized carbons (Fsp3) is 0.771. The van der Waals surface area contributed by atoms with Gasteiger partial charge >= 0.3 is 11.9 Å². The molecule has 4 fully saturated rings. The normalized spacial score (nSPS) is 35.1. The van der Waals surface area contributed by atoms with Gasteiger partial charge in [0.05, 0.1) is 17.9 Å². The van der Waals surface area contributed by atoms with Gasteiger partial charge in [0, 0.05) is 53.5 Å². The molecule has 0 heterocycles. The van der Waals surface area contributed by atoms with Gasteiger partial charge in [0.2, 0.25) is 0 Å². The average Bonchev–Trinajstić information content (AvgIpc) is 3.43. The van der Waals surface area contributed by atoms with E-state index in [4.69, 9.17) is 27.9 Å². The molecule has 5 aliphatic rings. The first kappa shape index (κ1) is 45.6. The van der Waals surface area contributed by atoms with E-state index in [2.05, 4.69) is 72.4 Å². The summed E-state index contributed by atoms with van der Waals surface area (Å²) in [6.07, 6.45) is 6.92. The molecule has 0 bridgehead atoms. The smallest absolute Gasteiger partial charge is 0.309 e. The van der Waals surface area contributed by atoms with Gasteiger partial charge in [-0.2, -0.15) is 0 Å². The highest BCUT2D eigenvalue weighted by atomic mass is 35.5. The first-order chi connectivity index (χ1) is 26.8. The number of carboxylic acids is 1. The van der Waals surface area contributed by atoms with Gasteiger partial charge in [-0.15, -0.1) is 0 Å². The highest BCUT2D eigenvalue weighted by Gasteiger charge is 2.71. The van der Waals surface area contributed by atoms with E-state index in [9.17, 15) is 24.6 Å². The van der Waals surface area contributed by atoms with Gasteiger partial charge < -0.3 is 19.8 Å². The van der Waals surface area contributed by atoms with Crippen LogP contribution in [0.5, 0.6) is 0 Å². The highest BCUT2D eigenvalue weighted by Crippen LogP contribution is 2.77. The van der Waals surface area contributed by atoms with Crippen molar-refractivity contribution in [2.45, 2.75) is 145 Å². The molecule has 5 aliphatic carbocycles. The quantitative estimate of drug-likeness (QED) is 0.189. The van der Waals surface area contributed by atoms with E-state index < -0.39 is 28.9 Å². The van der Waals surface area contributed by atoms with Crippen molar-refractivity contribution in [2.75, 3.05) is 33.7 Å². The van der Waals surface area contributed by atoms with Crippen LogP contribution in [-0.2, 0) is 25.7 Å². The number of benzene rings is 1. The topological polar surface area (TPSA) is 107 Å². The summed E-state index contributed by atoms with van der Waals surface area (Å²) in [7, 11) is 4.13. The zero-order chi connectivity index (χ0) is 43.0. The summed E-state index contributed by atoms with van der Waals surface area (Å²) in [5, 5.41) is 23.6. The molecule has 1 aromatic carbocycles. The lowest BCUT2D eigenvalue weighted by atomic mass is 9.33. The summed E-state index contributed by atoms with van der Waals surface area (Å²) in [5.41, 5.74) is 1.20. The van der Waals surface area contributed by atoms with E-state index in [1.54, 1.807) is 19.9 Å². The van der Waals surface area contributed by atoms with Gasteiger partial charge in [-0.05, 0) is 142 Å². The molecule has 0 aromatic heterocycles. The lowest BCUT2D eigenvalue weighted by molar-refractivity contribution is -0.235. The minimum absolute atomic E-state index is 0.0210. The third-order valence-electron chi connectivity index (χ3n) is 17.2. The molecule has 8 nitrogen and oxygen atoms in total. The molecule has 4 saturated carbocycles. The lowest BCUT2D eigenvalue weighted by Gasteiger charge is -2.72. The number of allylic oxidation sites excluding steroid dienone is 1. The molecule has 0 radical (unpaired) electrons. The Balaban J connectivity index is 1.29. The fourth-order valence-electron chi connectivity index (χ4n) is 13.8. The van der Waals surface area contributed by atoms with Crippen molar-refractivity contribution in [3.05, 3.63) is 45.0 Å².